The fourth-order valence-corrected chi connectivity index (χ4v) is 3.94. The SMILES string of the molecule is Cc1nc([C@H]2CCCCN2C(=O)c2ccccc2)ncc1C(=O)NCc1ccc(F)cc1. The van der Waals surface area contributed by atoms with Crippen molar-refractivity contribution in [3.8, 4) is 0 Å². The van der Waals surface area contributed by atoms with E-state index in [0.29, 0.717) is 29.2 Å². The van der Waals surface area contributed by atoms with E-state index in [2.05, 4.69) is 15.3 Å². The number of likely N-dealkylation sites (tertiary alicyclic amines) is 1. The fourth-order valence-electron chi connectivity index (χ4n) is 3.94. The van der Waals surface area contributed by atoms with E-state index in [1.807, 2.05) is 35.2 Å². The van der Waals surface area contributed by atoms with Crippen LogP contribution in [0.1, 0.15) is 63.1 Å². The molecule has 0 saturated carbocycles. The van der Waals surface area contributed by atoms with E-state index in [1.165, 1.54) is 18.3 Å². The molecule has 1 aromatic heterocycles. The first-order valence-electron chi connectivity index (χ1n) is 10.7. The summed E-state index contributed by atoms with van der Waals surface area (Å²) < 4.78 is 13.0. The molecule has 2 heterocycles. The van der Waals surface area contributed by atoms with Gasteiger partial charge in [0.25, 0.3) is 11.8 Å². The average molecular weight is 432 g/mol. The van der Waals surface area contributed by atoms with Gasteiger partial charge in [0.15, 0.2) is 5.82 Å². The second-order valence-electron chi connectivity index (χ2n) is 7.91. The average Bonchev–Trinajstić information content (AvgIpc) is 2.83. The van der Waals surface area contributed by atoms with Gasteiger partial charge in [0, 0.05) is 24.8 Å². The molecule has 3 aromatic rings. The number of carbonyl (C=O) groups excluding carboxylic acids is 2. The minimum atomic E-state index is -0.317. The highest BCUT2D eigenvalue weighted by Crippen LogP contribution is 2.30. The predicted molar refractivity (Wildman–Crippen MR) is 118 cm³/mol. The van der Waals surface area contributed by atoms with E-state index in [1.54, 1.807) is 19.1 Å². The summed E-state index contributed by atoms with van der Waals surface area (Å²) in [6.07, 6.45) is 4.25. The summed E-state index contributed by atoms with van der Waals surface area (Å²) >= 11 is 0. The zero-order chi connectivity index (χ0) is 22.5. The normalized spacial score (nSPS) is 15.9. The lowest BCUT2D eigenvalue weighted by Crippen LogP contribution is -2.39. The molecule has 1 aliphatic heterocycles. The molecule has 32 heavy (non-hydrogen) atoms. The van der Waals surface area contributed by atoms with Gasteiger partial charge in [0.2, 0.25) is 0 Å². The van der Waals surface area contributed by atoms with E-state index in [9.17, 15) is 14.0 Å². The van der Waals surface area contributed by atoms with Crippen molar-refractivity contribution in [3.05, 3.63) is 94.8 Å². The summed E-state index contributed by atoms with van der Waals surface area (Å²) in [5.41, 5.74) is 2.39. The molecule has 0 spiro atoms. The molecule has 2 amide bonds. The van der Waals surface area contributed by atoms with Gasteiger partial charge in [-0.1, -0.05) is 30.3 Å². The van der Waals surface area contributed by atoms with E-state index < -0.39 is 0 Å². The van der Waals surface area contributed by atoms with Gasteiger partial charge in [-0.3, -0.25) is 9.59 Å². The van der Waals surface area contributed by atoms with Crippen LogP contribution in [0, 0.1) is 12.7 Å². The van der Waals surface area contributed by atoms with E-state index in [4.69, 9.17) is 0 Å². The van der Waals surface area contributed by atoms with E-state index in [-0.39, 0.29) is 30.2 Å². The number of carbonyl (C=O) groups is 2. The van der Waals surface area contributed by atoms with E-state index in [0.717, 1.165) is 24.8 Å². The molecule has 6 nitrogen and oxygen atoms in total. The van der Waals surface area contributed by atoms with Crippen molar-refractivity contribution in [2.45, 2.75) is 38.8 Å². The van der Waals surface area contributed by atoms with Crippen LogP contribution in [0.5, 0.6) is 0 Å². The number of nitrogens with one attached hydrogen (secondary N) is 1. The van der Waals surface area contributed by atoms with Gasteiger partial charge >= 0.3 is 0 Å². The lowest BCUT2D eigenvalue weighted by Gasteiger charge is -2.35. The van der Waals surface area contributed by atoms with Crippen molar-refractivity contribution in [1.29, 1.82) is 0 Å². The molecule has 1 aliphatic rings. The summed E-state index contributed by atoms with van der Waals surface area (Å²) in [5.74, 6) is -0.0825. The highest BCUT2D eigenvalue weighted by atomic mass is 19.1. The summed E-state index contributed by atoms with van der Waals surface area (Å²) in [6.45, 7) is 2.70. The minimum absolute atomic E-state index is 0.0299. The molecule has 1 N–H and O–H groups in total. The zero-order valence-electron chi connectivity index (χ0n) is 17.9. The van der Waals surface area contributed by atoms with Crippen LogP contribution in [0.25, 0.3) is 0 Å². The Hall–Kier alpha value is -3.61. The lowest BCUT2D eigenvalue weighted by atomic mass is 9.99. The monoisotopic (exact) mass is 432 g/mol. The Labute approximate surface area is 186 Å². The van der Waals surface area contributed by atoms with Gasteiger partial charge in [-0.2, -0.15) is 0 Å². The third-order valence-electron chi connectivity index (χ3n) is 5.69. The van der Waals surface area contributed by atoms with Gasteiger partial charge in [0.1, 0.15) is 5.82 Å². The van der Waals surface area contributed by atoms with Crippen LogP contribution < -0.4 is 5.32 Å². The number of halogens is 1. The summed E-state index contributed by atoms with van der Waals surface area (Å²) in [6, 6.07) is 15.0. The second kappa shape index (κ2) is 9.68. The minimum Gasteiger partial charge on any atom is -0.348 e. The number of aromatic nitrogens is 2. The summed E-state index contributed by atoms with van der Waals surface area (Å²) in [4.78, 5) is 36.6. The Morgan fingerprint density at radius 2 is 1.84 bits per heavy atom. The van der Waals surface area contributed by atoms with Gasteiger partial charge in [0.05, 0.1) is 17.3 Å². The van der Waals surface area contributed by atoms with Crippen molar-refractivity contribution in [2.75, 3.05) is 6.54 Å². The van der Waals surface area contributed by atoms with Crippen molar-refractivity contribution in [3.63, 3.8) is 0 Å². The molecule has 0 radical (unpaired) electrons. The third-order valence-corrected chi connectivity index (χ3v) is 5.69. The number of aryl methyl sites for hydroxylation is 1. The van der Waals surface area contributed by atoms with Crippen molar-refractivity contribution in [1.82, 2.24) is 20.2 Å². The highest BCUT2D eigenvalue weighted by Gasteiger charge is 2.31. The van der Waals surface area contributed by atoms with Crippen LogP contribution in [0.15, 0.2) is 60.8 Å². The van der Waals surface area contributed by atoms with Crippen molar-refractivity contribution < 1.29 is 14.0 Å². The number of rotatable bonds is 5. The van der Waals surface area contributed by atoms with Gasteiger partial charge in [-0.15, -0.1) is 0 Å². The topological polar surface area (TPSA) is 75.2 Å². The maximum absolute atomic E-state index is 13.1. The summed E-state index contributed by atoms with van der Waals surface area (Å²) in [5, 5.41) is 2.82. The fraction of sp³-hybridized carbons (Fsp3) is 0.280. The first-order valence-corrected chi connectivity index (χ1v) is 10.7. The molecule has 0 bridgehead atoms. The molecule has 0 aliphatic carbocycles. The molecule has 0 unspecified atom stereocenters. The highest BCUT2D eigenvalue weighted by molar-refractivity contribution is 5.95. The zero-order valence-corrected chi connectivity index (χ0v) is 17.9. The molecular formula is C25H25FN4O2. The van der Waals surface area contributed by atoms with Crippen LogP contribution in [0.2, 0.25) is 0 Å². The Bertz CT molecular complexity index is 1100. The number of benzene rings is 2. The number of hydrogen-bond acceptors (Lipinski definition) is 4. The smallest absolute Gasteiger partial charge is 0.254 e. The first-order chi connectivity index (χ1) is 15.5. The van der Waals surface area contributed by atoms with Crippen LogP contribution in [0.3, 0.4) is 0 Å². The molecule has 1 saturated heterocycles. The van der Waals surface area contributed by atoms with Crippen LogP contribution in [-0.2, 0) is 6.54 Å². The molecular weight excluding hydrogens is 407 g/mol. The van der Waals surface area contributed by atoms with Gasteiger partial charge < -0.3 is 10.2 Å². The number of hydrogen-bond donors (Lipinski definition) is 1. The standard InChI is InChI=1S/C25H25FN4O2/c1-17-21(24(31)28-15-18-10-12-20(26)13-11-18)16-27-23(29-17)22-9-5-6-14-30(22)25(32)19-7-3-2-4-8-19/h2-4,7-8,10-13,16,22H,5-6,9,14-15H2,1H3,(H,28,31)/t22-/m1/s1. The van der Waals surface area contributed by atoms with Gasteiger partial charge in [-0.05, 0) is 56.0 Å². The van der Waals surface area contributed by atoms with Gasteiger partial charge in [-0.25, -0.2) is 14.4 Å². The van der Waals surface area contributed by atoms with Crippen molar-refractivity contribution >= 4 is 11.8 Å². The Morgan fingerprint density at radius 1 is 1.09 bits per heavy atom. The molecule has 1 atom stereocenters. The van der Waals surface area contributed by atoms with E-state index >= 15 is 0 Å². The molecule has 2 aromatic carbocycles. The number of piperidine rings is 1. The maximum atomic E-state index is 13.1. The largest absolute Gasteiger partial charge is 0.348 e. The Morgan fingerprint density at radius 3 is 2.56 bits per heavy atom. The maximum Gasteiger partial charge on any atom is 0.254 e. The second-order valence-corrected chi connectivity index (χ2v) is 7.91. The van der Waals surface area contributed by atoms with Crippen LogP contribution in [-0.4, -0.2) is 33.2 Å². The molecule has 7 heteroatoms. The number of nitrogens with zero attached hydrogens (tertiary/aromatic N) is 3. The first kappa shape index (κ1) is 21.6. The Balaban J connectivity index is 1.49. The third kappa shape index (κ3) is 4.82. The molecule has 164 valence electrons. The number of amides is 2. The summed E-state index contributed by atoms with van der Waals surface area (Å²) in [7, 11) is 0. The lowest BCUT2D eigenvalue weighted by molar-refractivity contribution is 0.0599. The Kier molecular flexibility index (Phi) is 6.54. The van der Waals surface area contributed by atoms with Crippen molar-refractivity contribution in [2.24, 2.45) is 0 Å². The van der Waals surface area contributed by atoms with Crippen LogP contribution >= 0.6 is 0 Å². The predicted octanol–water partition coefficient (Wildman–Crippen LogP) is 4.22. The molecule has 1 fully saturated rings. The van der Waals surface area contributed by atoms with Crippen LogP contribution in [0.4, 0.5) is 4.39 Å². The quantitative estimate of drug-likeness (QED) is 0.655. The molecule has 4 rings (SSSR count).